The van der Waals surface area contributed by atoms with Crippen molar-refractivity contribution in [3.05, 3.63) is 71.9 Å². The van der Waals surface area contributed by atoms with Crippen LogP contribution in [0.5, 0.6) is 5.75 Å². The Bertz CT molecular complexity index is 1230. The Balaban J connectivity index is 1.85. The van der Waals surface area contributed by atoms with Gasteiger partial charge in [0.2, 0.25) is 5.16 Å². The molecule has 0 N–H and O–H groups in total. The molecule has 2 aromatic carbocycles. The average molecular weight is 429 g/mol. The van der Waals surface area contributed by atoms with E-state index < -0.39 is 0 Å². The Kier molecular flexibility index (Phi) is 5.96. The molecule has 0 unspecified atom stereocenters. The second-order valence-electron chi connectivity index (χ2n) is 7.05. The molecule has 0 saturated carbocycles. The van der Waals surface area contributed by atoms with Gasteiger partial charge in [-0.25, -0.2) is 0 Å². The number of hydrogen-bond donors (Lipinski definition) is 0. The molecule has 0 radical (unpaired) electrons. The smallest absolute Gasteiger partial charge is 0.202 e. The third-order valence-electron chi connectivity index (χ3n) is 4.73. The zero-order valence-electron chi connectivity index (χ0n) is 17.4. The number of ether oxygens (including phenoxy) is 1. The highest BCUT2D eigenvalue weighted by molar-refractivity contribution is 7.99. The highest BCUT2D eigenvalue weighted by Gasteiger charge is 2.20. The van der Waals surface area contributed by atoms with Crippen molar-refractivity contribution in [1.29, 1.82) is 5.26 Å². The maximum absolute atomic E-state index is 8.97. The SMILES string of the molecule is COc1ccc(-c2nnc(Sc3ccc(C#N)nn3)n2-c2ccccc2C(C)C)cc1. The van der Waals surface area contributed by atoms with E-state index in [-0.39, 0.29) is 5.69 Å². The lowest BCUT2D eigenvalue weighted by molar-refractivity contribution is 0.415. The zero-order chi connectivity index (χ0) is 21.8. The third kappa shape index (κ3) is 4.27. The first kappa shape index (κ1) is 20.6. The highest BCUT2D eigenvalue weighted by Crippen LogP contribution is 2.34. The normalized spacial score (nSPS) is 10.8. The first-order chi connectivity index (χ1) is 15.1. The van der Waals surface area contributed by atoms with Gasteiger partial charge < -0.3 is 4.74 Å². The van der Waals surface area contributed by atoms with Crippen LogP contribution in [-0.2, 0) is 0 Å². The van der Waals surface area contributed by atoms with E-state index in [9.17, 15) is 0 Å². The lowest BCUT2D eigenvalue weighted by Crippen LogP contribution is -2.05. The summed E-state index contributed by atoms with van der Waals surface area (Å²) in [5.41, 5.74) is 3.39. The van der Waals surface area contributed by atoms with Gasteiger partial charge >= 0.3 is 0 Å². The van der Waals surface area contributed by atoms with Gasteiger partial charge in [0, 0.05) is 5.56 Å². The van der Waals surface area contributed by atoms with E-state index in [1.54, 1.807) is 19.2 Å². The summed E-state index contributed by atoms with van der Waals surface area (Å²) in [6.45, 7) is 4.32. The fourth-order valence-corrected chi connectivity index (χ4v) is 3.95. The average Bonchev–Trinajstić information content (AvgIpc) is 3.22. The van der Waals surface area contributed by atoms with Gasteiger partial charge in [0.05, 0.1) is 12.8 Å². The Labute approximate surface area is 184 Å². The Hall–Kier alpha value is -3.70. The molecule has 4 aromatic rings. The quantitative estimate of drug-likeness (QED) is 0.432. The molecule has 8 heteroatoms. The van der Waals surface area contributed by atoms with Crippen molar-refractivity contribution in [2.45, 2.75) is 29.9 Å². The van der Waals surface area contributed by atoms with Crippen molar-refractivity contribution in [2.75, 3.05) is 7.11 Å². The summed E-state index contributed by atoms with van der Waals surface area (Å²) < 4.78 is 7.33. The molecule has 2 heterocycles. The minimum Gasteiger partial charge on any atom is -0.497 e. The van der Waals surface area contributed by atoms with Crippen LogP contribution in [0, 0.1) is 11.3 Å². The molecular formula is C23H20N6OS. The van der Waals surface area contributed by atoms with Crippen molar-refractivity contribution in [2.24, 2.45) is 0 Å². The van der Waals surface area contributed by atoms with E-state index in [4.69, 9.17) is 10.00 Å². The molecule has 4 rings (SSSR count). The van der Waals surface area contributed by atoms with Gasteiger partial charge in [-0.15, -0.1) is 20.4 Å². The molecule has 0 atom stereocenters. The van der Waals surface area contributed by atoms with Gasteiger partial charge in [0.1, 0.15) is 16.8 Å². The second-order valence-corrected chi connectivity index (χ2v) is 8.04. The van der Waals surface area contributed by atoms with Crippen LogP contribution in [0.25, 0.3) is 17.1 Å². The summed E-state index contributed by atoms with van der Waals surface area (Å²) in [6, 6.07) is 21.4. The van der Waals surface area contributed by atoms with E-state index >= 15 is 0 Å². The largest absolute Gasteiger partial charge is 0.497 e. The zero-order valence-corrected chi connectivity index (χ0v) is 18.2. The van der Waals surface area contributed by atoms with Gasteiger partial charge in [0.15, 0.2) is 11.5 Å². The fourth-order valence-electron chi connectivity index (χ4n) is 3.19. The van der Waals surface area contributed by atoms with Crippen molar-refractivity contribution in [1.82, 2.24) is 25.0 Å². The number of para-hydroxylation sites is 1. The van der Waals surface area contributed by atoms with Crippen LogP contribution < -0.4 is 4.74 Å². The lowest BCUT2D eigenvalue weighted by Gasteiger charge is -2.17. The number of methoxy groups -OCH3 is 1. The van der Waals surface area contributed by atoms with Crippen molar-refractivity contribution < 1.29 is 4.74 Å². The minimum absolute atomic E-state index is 0.273. The molecule has 0 fully saturated rings. The van der Waals surface area contributed by atoms with E-state index in [1.165, 1.54) is 17.3 Å². The van der Waals surface area contributed by atoms with Crippen molar-refractivity contribution in [3.8, 4) is 28.9 Å². The number of hydrogen-bond acceptors (Lipinski definition) is 7. The summed E-state index contributed by atoms with van der Waals surface area (Å²) in [7, 11) is 1.64. The Morgan fingerprint density at radius 3 is 2.35 bits per heavy atom. The van der Waals surface area contributed by atoms with Crippen LogP contribution in [0.15, 0.2) is 70.8 Å². The standard InChI is InChI=1S/C23H20N6OS/c1-15(2)19-6-4-5-7-20(19)29-22(16-8-11-18(30-3)12-9-16)27-28-23(29)31-21-13-10-17(14-24)25-26-21/h4-13,15H,1-3H3. The lowest BCUT2D eigenvalue weighted by atomic mass is 10.0. The molecule has 154 valence electrons. The van der Waals surface area contributed by atoms with Crippen LogP contribution >= 0.6 is 11.8 Å². The minimum atomic E-state index is 0.273. The van der Waals surface area contributed by atoms with Crippen LogP contribution in [0.1, 0.15) is 31.0 Å². The fraction of sp³-hybridized carbons (Fsp3) is 0.174. The van der Waals surface area contributed by atoms with E-state index in [2.05, 4.69) is 46.4 Å². The highest BCUT2D eigenvalue weighted by atomic mass is 32.2. The Morgan fingerprint density at radius 2 is 1.71 bits per heavy atom. The Morgan fingerprint density at radius 1 is 0.935 bits per heavy atom. The van der Waals surface area contributed by atoms with E-state index in [1.807, 2.05) is 47.0 Å². The van der Waals surface area contributed by atoms with Crippen LogP contribution in [0.4, 0.5) is 0 Å². The van der Waals surface area contributed by atoms with Gasteiger partial charge in [-0.05, 0) is 65.7 Å². The first-order valence-corrected chi connectivity index (χ1v) is 10.5. The summed E-state index contributed by atoms with van der Waals surface area (Å²) in [6.07, 6.45) is 0. The molecule has 0 bridgehead atoms. The molecule has 0 aliphatic heterocycles. The van der Waals surface area contributed by atoms with Gasteiger partial charge in [0.25, 0.3) is 0 Å². The maximum atomic E-state index is 8.97. The number of rotatable bonds is 6. The van der Waals surface area contributed by atoms with Crippen LogP contribution in [-0.4, -0.2) is 32.1 Å². The first-order valence-electron chi connectivity index (χ1n) is 9.71. The molecular weight excluding hydrogens is 408 g/mol. The summed E-state index contributed by atoms with van der Waals surface area (Å²) in [5.74, 6) is 1.81. The molecule has 0 aliphatic rings. The molecule has 0 aliphatic carbocycles. The van der Waals surface area contributed by atoms with Crippen molar-refractivity contribution >= 4 is 11.8 Å². The van der Waals surface area contributed by atoms with E-state index in [0.717, 1.165) is 22.8 Å². The van der Waals surface area contributed by atoms with E-state index in [0.29, 0.717) is 16.1 Å². The monoisotopic (exact) mass is 428 g/mol. The third-order valence-corrected chi connectivity index (χ3v) is 5.61. The molecule has 7 nitrogen and oxygen atoms in total. The topological polar surface area (TPSA) is 89.5 Å². The molecule has 0 saturated heterocycles. The summed E-state index contributed by atoms with van der Waals surface area (Å²) >= 11 is 1.35. The number of benzene rings is 2. The summed E-state index contributed by atoms with van der Waals surface area (Å²) in [5, 5.41) is 27.3. The number of aromatic nitrogens is 5. The maximum Gasteiger partial charge on any atom is 0.202 e. The van der Waals surface area contributed by atoms with Gasteiger partial charge in [-0.3, -0.25) is 4.57 Å². The van der Waals surface area contributed by atoms with Crippen molar-refractivity contribution in [3.63, 3.8) is 0 Å². The molecule has 0 spiro atoms. The number of nitrogens with zero attached hydrogens (tertiary/aromatic N) is 6. The molecule has 0 amide bonds. The predicted octanol–water partition coefficient (Wildman–Crippen LogP) is 4.88. The molecule has 31 heavy (non-hydrogen) atoms. The number of nitriles is 1. The molecule has 2 aromatic heterocycles. The van der Waals surface area contributed by atoms with Crippen LogP contribution in [0.3, 0.4) is 0 Å². The van der Waals surface area contributed by atoms with Crippen LogP contribution in [0.2, 0.25) is 0 Å². The summed E-state index contributed by atoms with van der Waals surface area (Å²) in [4.78, 5) is 0. The van der Waals surface area contributed by atoms with Gasteiger partial charge in [-0.2, -0.15) is 5.26 Å². The predicted molar refractivity (Wildman–Crippen MR) is 118 cm³/mol. The van der Waals surface area contributed by atoms with Gasteiger partial charge in [-0.1, -0.05) is 32.0 Å². The second kappa shape index (κ2) is 8.98.